The van der Waals surface area contributed by atoms with Crippen molar-refractivity contribution in [3.63, 3.8) is 0 Å². The van der Waals surface area contributed by atoms with Crippen molar-refractivity contribution in [1.29, 1.82) is 0 Å². The number of nitrogens with one attached hydrogen (secondary N) is 2. The SMILES string of the molecule is COc1cc(/C=N\NC(=O)c2ccc(-c3csc(Nc4ccc(C)cc4)n3)cc2)ccc1OCc1cccc(C)c1. The van der Waals surface area contributed by atoms with Crippen molar-refractivity contribution in [2.24, 2.45) is 5.10 Å². The Labute approximate surface area is 243 Å². The predicted molar refractivity (Wildman–Crippen MR) is 166 cm³/mol. The minimum atomic E-state index is -0.308. The Morgan fingerprint density at radius 2 is 1.73 bits per heavy atom. The predicted octanol–water partition coefficient (Wildman–Crippen LogP) is 7.52. The molecule has 41 heavy (non-hydrogen) atoms. The maximum atomic E-state index is 12.6. The van der Waals surface area contributed by atoms with E-state index in [0.717, 1.165) is 33.2 Å². The summed E-state index contributed by atoms with van der Waals surface area (Å²) in [5.41, 5.74) is 10.1. The Kier molecular flexibility index (Phi) is 8.71. The summed E-state index contributed by atoms with van der Waals surface area (Å²) in [5, 5.41) is 10.2. The maximum Gasteiger partial charge on any atom is 0.271 e. The molecule has 5 aromatic rings. The Hall–Kier alpha value is -4.95. The first-order valence-electron chi connectivity index (χ1n) is 13.1. The first kappa shape index (κ1) is 27.6. The average Bonchev–Trinajstić information content (AvgIpc) is 3.46. The molecule has 206 valence electrons. The molecule has 0 aliphatic heterocycles. The number of nitrogens with zero attached hydrogens (tertiary/aromatic N) is 2. The van der Waals surface area contributed by atoms with Crippen molar-refractivity contribution in [1.82, 2.24) is 10.4 Å². The number of hydrogen-bond acceptors (Lipinski definition) is 7. The topological polar surface area (TPSA) is 84.8 Å². The highest BCUT2D eigenvalue weighted by atomic mass is 32.1. The molecule has 5 rings (SSSR count). The van der Waals surface area contributed by atoms with Crippen molar-refractivity contribution in [2.45, 2.75) is 20.5 Å². The van der Waals surface area contributed by atoms with E-state index in [9.17, 15) is 4.79 Å². The summed E-state index contributed by atoms with van der Waals surface area (Å²) in [6, 6.07) is 29.1. The third-order valence-corrected chi connectivity index (χ3v) is 7.05. The highest BCUT2D eigenvalue weighted by molar-refractivity contribution is 7.14. The number of aromatic nitrogens is 1. The molecule has 0 bridgehead atoms. The average molecular weight is 563 g/mol. The van der Waals surface area contributed by atoms with Crippen molar-refractivity contribution in [3.8, 4) is 22.8 Å². The molecule has 4 aromatic carbocycles. The molecule has 8 heteroatoms. The van der Waals surface area contributed by atoms with Crippen LogP contribution in [0.15, 0.2) is 101 Å². The fourth-order valence-corrected chi connectivity index (χ4v) is 4.83. The summed E-state index contributed by atoms with van der Waals surface area (Å²) in [7, 11) is 1.59. The van der Waals surface area contributed by atoms with E-state index < -0.39 is 0 Å². The summed E-state index contributed by atoms with van der Waals surface area (Å²) < 4.78 is 11.4. The first-order valence-corrected chi connectivity index (χ1v) is 13.9. The number of ether oxygens (including phenoxy) is 2. The van der Waals surface area contributed by atoms with Gasteiger partial charge in [0.25, 0.3) is 5.91 Å². The summed E-state index contributed by atoms with van der Waals surface area (Å²) in [4.78, 5) is 17.3. The van der Waals surface area contributed by atoms with Crippen LogP contribution in [-0.2, 0) is 6.61 Å². The zero-order valence-electron chi connectivity index (χ0n) is 23.0. The number of hydrazone groups is 1. The lowest BCUT2D eigenvalue weighted by atomic mass is 10.1. The largest absolute Gasteiger partial charge is 0.493 e. The van der Waals surface area contributed by atoms with E-state index in [1.54, 1.807) is 25.5 Å². The molecule has 1 amide bonds. The van der Waals surface area contributed by atoms with Gasteiger partial charge >= 0.3 is 0 Å². The van der Waals surface area contributed by atoms with Gasteiger partial charge in [-0.3, -0.25) is 4.79 Å². The van der Waals surface area contributed by atoms with Crippen LogP contribution in [-0.4, -0.2) is 24.2 Å². The second-order valence-electron chi connectivity index (χ2n) is 9.49. The van der Waals surface area contributed by atoms with Gasteiger partial charge in [0.15, 0.2) is 16.6 Å². The Balaban J connectivity index is 1.16. The van der Waals surface area contributed by atoms with Crippen molar-refractivity contribution in [2.75, 3.05) is 12.4 Å². The zero-order valence-corrected chi connectivity index (χ0v) is 23.9. The van der Waals surface area contributed by atoms with Gasteiger partial charge in [0.05, 0.1) is 19.0 Å². The van der Waals surface area contributed by atoms with Gasteiger partial charge in [-0.2, -0.15) is 5.10 Å². The molecule has 0 saturated heterocycles. The lowest BCUT2D eigenvalue weighted by Crippen LogP contribution is -2.17. The van der Waals surface area contributed by atoms with Crippen molar-refractivity contribution < 1.29 is 14.3 Å². The molecule has 1 heterocycles. The van der Waals surface area contributed by atoms with Gasteiger partial charge in [-0.25, -0.2) is 10.4 Å². The molecule has 0 saturated carbocycles. The molecule has 0 aliphatic carbocycles. The van der Waals surface area contributed by atoms with Gasteiger partial charge < -0.3 is 14.8 Å². The number of amides is 1. The van der Waals surface area contributed by atoms with Crippen LogP contribution >= 0.6 is 11.3 Å². The fraction of sp³-hybridized carbons (Fsp3) is 0.121. The monoisotopic (exact) mass is 562 g/mol. The van der Waals surface area contributed by atoms with Crippen molar-refractivity contribution >= 4 is 34.3 Å². The molecule has 0 spiro atoms. The van der Waals surface area contributed by atoms with Crippen LogP contribution in [0, 0.1) is 13.8 Å². The summed E-state index contributed by atoms with van der Waals surface area (Å²) in [5.74, 6) is 0.911. The van der Waals surface area contributed by atoms with Crippen molar-refractivity contribution in [3.05, 3.63) is 124 Å². The Morgan fingerprint density at radius 1 is 0.927 bits per heavy atom. The van der Waals surface area contributed by atoms with E-state index in [-0.39, 0.29) is 5.91 Å². The molecule has 0 aliphatic rings. The summed E-state index contributed by atoms with van der Waals surface area (Å²) in [6.45, 7) is 4.55. The third-order valence-electron chi connectivity index (χ3n) is 6.29. The van der Waals surface area contributed by atoms with Gasteiger partial charge in [0.1, 0.15) is 6.61 Å². The lowest BCUT2D eigenvalue weighted by Gasteiger charge is -2.11. The van der Waals surface area contributed by atoms with Gasteiger partial charge in [-0.05, 0) is 67.4 Å². The number of rotatable bonds is 10. The second kappa shape index (κ2) is 12.9. The molecule has 7 nitrogen and oxygen atoms in total. The maximum absolute atomic E-state index is 12.6. The van der Waals surface area contributed by atoms with Gasteiger partial charge in [0.2, 0.25) is 0 Å². The molecular weight excluding hydrogens is 532 g/mol. The van der Waals surface area contributed by atoms with E-state index >= 15 is 0 Å². The quantitative estimate of drug-likeness (QED) is 0.136. The number of methoxy groups -OCH3 is 1. The number of thiazole rings is 1. The Bertz CT molecular complexity index is 1660. The van der Waals surface area contributed by atoms with Gasteiger partial charge in [-0.1, -0.05) is 59.7 Å². The minimum Gasteiger partial charge on any atom is -0.493 e. The minimum absolute atomic E-state index is 0.308. The van der Waals surface area contributed by atoms with Crippen LogP contribution in [0.2, 0.25) is 0 Å². The number of hydrogen-bond donors (Lipinski definition) is 2. The lowest BCUT2D eigenvalue weighted by molar-refractivity contribution is 0.0955. The Morgan fingerprint density at radius 3 is 2.49 bits per heavy atom. The van der Waals surface area contributed by atoms with Crippen LogP contribution in [0.5, 0.6) is 11.5 Å². The highest BCUT2D eigenvalue weighted by Gasteiger charge is 2.09. The molecule has 2 N–H and O–H groups in total. The summed E-state index contributed by atoms with van der Waals surface area (Å²) in [6.07, 6.45) is 1.57. The first-order chi connectivity index (χ1) is 20.0. The number of carbonyl (C=O) groups is 1. The number of carbonyl (C=O) groups excluding carboxylic acids is 1. The van der Waals surface area contributed by atoms with Crippen LogP contribution in [0.1, 0.15) is 32.6 Å². The van der Waals surface area contributed by atoms with Crippen LogP contribution in [0.25, 0.3) is 11.3 Å². The number of anilines is 2. The second-order valence-corrected chi connectivity index (χ2v) is 10.4. The molecule has 0 radical (unpaired) electrons. The molecule has 0 unspecified atom stereocenters. The van der Waals surface area contributed by atoms with E-state index in [1.807, 2.05) is 60.0 Å². The molecule has 0 fully saturated rings. The van der Waals surface area contributed by atoms with E-state index in [0.29, 0.717) is 23.7 Å². The number of aryl methyl sites for hydroxylation is 2. The zero-order chi connectivity index (χ0) is 28.6. The van der Waals surface area contributed by atoms with E-state index in [4.69, 9.17) is 9.47 Å². The molecule has 0 atom stereocenters. The molecule has 1 aromatic heterocycles. The standard InChI is InChI=1S/C33H30N4O3S/c1-22-7-14-28(15-8-22)35-33-36-29(21-41-33)26-10-12-27(13-11-26)32(38)37-34-19-24-9-16-30(31(18-24)39-3)40-20-25-6-4-5-23(2)17-25/h4-19,21H,20H2,1-3H3,(H,35,36)(H,37,38)/b34-19-. The smallest absolute Gasteiger partial charge is 0.271 e. The third kappa shape index (κ3) is 7.38. The fourth-order valence-electron chi connectivity index (χ4n) is 4.09. The van der Waals surface area contributed by atoms with Crippen LogP contribution < -0.4 is 20.2 Å². The van der Waals surface area contributed by atoms with E-state index in [1.165, 1.54) is 22.5 Å². The van der Waals surface area contributed by atoms with Crippen LogP contribution in [0.3, 0.4) is 0 Å². The van der Waals surface area contributed by atoms with E-state index in [2.05, 4.69) is 58.9 Å². The van der Waals surface area contributed by atoms with Gasteiger partial charge in [-0.15, -0.1) is 11.3 Å². The number of benzene rings is 4. The normalized spacial score (nSPS) is 10.9. The van der Waals surface area contributed by atoms with Crippen LogP contribution in [0.4, 0.5) is 10.8 Å². The summed E-state index contributed by atoms with van der Waals surface area (Å²) >= 11 is 1.53. The van der Waals surface area contributed by atoms with Gasteiger partial charge in [0, 0.05) is 22.2 Å². The molecular formula is C33H30N4O3S. The highest BCUT2D eigenvalue weighted by Crippen LogP contribution is 2.29.